The second kappa shape index (κ2) is 6.01. The van der Waals surface area contributed by atoms with Gasteiger partial charge in [-0.1, -0.05) is 23.7 Å². The van der Waals surface area contributed by atoms with Gasteiger partial charge in [-0.2, -0.15) is 0 Å². The first-order valence-electron chi connectivity index (χ1n) is 6.18. The lowest BCUT2D eigenvalue weighted by molar-refractivity contribution is -0.152. The first kappa shape index (κ1) is 14.5. The predicted molar refractivity (Wildman–Crippen MR) is 73.1 cm³/mol. The van der Waals surface area contributed by atoms with Crippen molar-refractivity contribution in [1.82, 2.24) is 0 Å². The summed E-state index contributed by atoms with van der Waals surface area (Å²) in [6.07, 6.45) is 1.75. The molecule has 0 fully saturated rings. The monoisotopic (exact) mass is 292 g/mol. The van der Waals surface area contributed by atoms with Gasteiger partial charge in [-0.15, -0.1) is 0 Å². The van der Waals surface area contributed by atoms with E-state index in [1.165, 1.54) is 13.0 Å². The molecule has 2 rings (SSSR count). The summed E-state index contributed by atoms with van der Waals surface area (Å²) >= 11 is 5.77. The van der Waals surface area contributed by atoms with Crippen LogP contribution in [0.5, 0.6) is 0 Å². The van der Waals surface area contributed by atoms with Crippen LogP contribution < -0.4 is 0 Å². The van der Waals surface area contributed by atoms with Crippen LogP contribution in [0.3, 0.4) is 0 Å². The van der Waals surface area contributed by atoms with E-state index in [9.17, 15) is 14.4 Å². The number of Topliss-reactive ketones (excluding diaryl/α,β-unsaturated/α-hetero) is 1. The SMILES string of the molecule is CC1=CC(=O)C(C(=O)CCc2ccc(Cl)cc2)C(=O)O1. The molecule has 0 aromatic heterocycles. The molecule has 1 aliphatic rings. The fourth-order valence-electron chi connectivity index (χ4n) is 2.00. The number of halogens is 1. The topological polar surface area (TPSA) is 60.4 Å². The van der Waals surface area contributed by atoms with Gasteiger partial charge in [0.2, 0.25) is 0 Å². The molecular formula is C15H13ClO4. The fraction of sp³-hybridized carbons (Fsp3) is 0.267. The van der Waals surface area contributed by atoms with Gasteiger partial charge in [-0.05, 0) is 31.0 Å². The zero-order valence-corrected chi connectivity index (χ0v) is 11.6. The summed E-state index contributed by atoms with van der Waals surface area (Å²) < 4.78 is 4.82. The molecule has 5 heteroatoms. The van der Waals surface area contributed by atoms with Crippen LogP contribution in [0, 0.1) is 5.92 Å². The fourth-order valence-corrected chi connectivity index (χ4v) is 2.13. The highest BCUT2D eigenvalue weighted by atomic mass is 35.5. The van der Waals surface area contributed by atoms with Crippen molar-refractivity contribution in [3.8, 4) is 0 Å². The molecule has 4 nitrogen and oxygen atoms in total. The maximum atomic E-state index is 12.0. The van der Waals surface area contributed by atoms with Crippen molar-refractivity contribution in [2.24, 2.45) is 5.92 Å². The van der Waals surface area contributed by atoms with Crippen molar-refractivity contribution in [2.45, 2.75) is 19.8 Å². The van der Waals surface area contributed by atoms with Gasteiger partial charge in [0.25, 0.3) is 0 Å². The highest BCUT2D eigenvalue weighted by Gasteiger charge is 2.36. The number of benzene rings is 1. The number of hydrogen-bond donors (Lipinski definition) is 0. The lowest BCUT2D eigenvalue weighted by atomic mass is 9.92. The molecule has 20 heavy (non-hydrogen) atoms. The predicted octanol–water partition coefficient (Wildman–Crippen LogP) is 2.49. The van der Waals surface area contributed by atoms with Crippen molar-refractivity contribution in [1.29, 1.82) is 0 Å². The molecule has 0 bridgehead atoms. The Balaban J connectivity index is 2.00. The van der Waals surface area contributed by atoms with Gasteiger partial charge in [-0.25, -0.2) is 0 Å². The summed E-state index contributed by atoms with van der Waals surface area (Å²) in [6.45, 7) is 1.50. The second-order valence-electron chi connectivity index (χ2n) is 4.60. The summed E-state index contributed by atoms with van der Waals surface area (Å²) in [5, 5.41) is 0.617. The number of hydrogen-bond acceptors (Lipinski definition) is 4. The number of rotatable bonds is 4. The van der Waals surface area contributed by atoms with Crippen LogP contribution in [-0.4, -0.2) is 17.5 Å². The minimum Gasteiger partial charge on any atom is -0.430 e. The number of allylic oxidation sites excluding steroid dienone is 2. The summed E-state index contributed by atoms with van der Waals surface area (Å²) in [5.74, 6) is -2.79. The Kier molecular flexibility index (Phi) is 4.35. The molecule has 1 unspecified atom stereocenters. The Hall–Kier alpha value is -1.94. The minimum absolute atomic E-state index is 0.111. The molecule has 0 N–H and O–H groups in total. The van der Waals surface area contributed by atoms with Crippen molar-refractivity contribution < 1.29 is 19.1 Å². The Labute approximate surface area is 121 Å². The first-order chi connectivity index (χ1) is 9.47. The highest BCUT2D eigenvalue weighted by molar-refractivity contribution is 6.30. The average Bonchev–Trinajstić information content (AvgIpc) is 2.37. The normalized spacial score (nSPS) is 18.5. The minimum atomic E-state index is -1.31. The lowest BCUT2D eigenvalue weighted by Gasteiger charge is -2.17. The molecule has 1 heterocycles. The maximum Gasteiger partial charge on any atom is 0.329 e. The maximum absolute atomic E-state index is 12.0. The van der Waals surface area contributed by atoms with Gasteiger partial charge in [0.05, 0.1) is 0 Å². The van der Waals surface area contributed by atoms with E-state index in [1.807, 2.05) is 0 Å². The molecule has 0 saturated carbocycles. The van der Waals surface area contributed by atoms with E-state index < -0.39 is 23.5 Å². The number of cyclic esters (lactones) is 1. The molecule has 0 amide bonds. The molecule has 0 radical (unpaired) electrons. The largest absolute Gasteiger partial charge is 0.430 e. The van der Waals surface area contributed by atoms with E-state index in [0.717, 1.165) is 5.56 Å². The van der Waals surface area contributed by atoms with Crippen molar-refractivity contribution >= 4 is 29.1 Å². The number of aryl methyl sites for hydroxylation is 1. The van der Waals surface area contributed by atoms with Crippen LogP contribution in [0.15, 0.2) is 36.1 Å². The van der Waals surface area contributed by atoms with E-state index in [-0.39, 0.29) is 12.2 Å². The summed E-state index contributed by atoms with van der Waals surface area (Å²) in [6, 6.07) is 7.07. The van der Waals surface area contributed by atoms with Gasteiger partial charge in [-0.3, -0.25) is 14.4 Å². The molecule has 1 atom stereocenters. The van der Waals surface area contributed by atoms with Crippen molar-refractivity contribution in [3.05, 3.63) is 46.7 Å². The molecule has 0 aliphatic carbocycles. The highest BCUT2D eigenvalue weighted by Crippen LogP contribution is 2.18. The number of esters is 1. The van der Waals surface area contributed by atoms with E-state index in [2.05, 4.69) is 0 Å². The third kappa shape index (κ3) is 3.33. The van der Waals surface area contributed by atoms with Crippen LogP contribution in [0.4, 0.5) is 0 Å². The molecular weight excluding hydrogens is 280 g/mol. The molecule has 0 spiro atoms. The number of ether oxygens (including phenoxy) is 1. The Morgan fingerprint density at radius 1 is 1.25 bits per heavy atom. The molecule has 104 valence electrons. The third-order valence-corrected chi connectivity index (χ3v) is 3.27. The molecule has 1 aromatic carbocycles. The summed E-state index contributed by atoms with van der Waals surface area (Å²) in [4.78, 5) is 35.3. The van der Waals surface area contributed by atoms with E-state index in [1.54, 1.807) is 24.3 Å². The van der Waals surface area contributed by atoms with Gasteiger partial charge >= 0.3 is 5.97 Å². The lowest BCUT2D eigenvalue weighted by Crippen LogP contribution is -2.35. The molecule has 1 aliphatic heterocycles. The van der Waals surface area contributed by atoms with Gasteiger partial charge in [0.1, 0.15) is 5.76 Å². The first-order valence-corrected chi connectivity index (χ1v) is 6.56. The van der Waals surface area contributed by atoms with Gasteiger partial charge < -0.3 is 4.74 Å². The van der Waals surface area contributed by atoms with E-state index >= 15 is 0 Å². The Bertz CT molecular complexity index is 586. The van der Waals surface area contributed by atoms with Gasteiger partial charge in [0.15, 0.2) is 17.5 Å². The Morgan fingerprint density at radius 3 is 2.50 bits per heavy atom. The molecule has 1 aromatic rings. The van der Waals surface area contributed by atoms with Crippen molar-refractivity contribution in [3.63, 3.8) is 0 Å². The summed E-state index contributed by atoms with van der Waals surface area (Å²) in [7, 11) is 0. The zero-order chi connectivity index (χ0) is 14.7. The van der Waals surface area contributed by atoms with Crippen LogP contribution in [0.2, 0.25) is 5.02 Å². The second-order valence-corrected chi connectivity index (χ2v) is 5.04. The van der Waals surface area contributed by atoms with E-state index in [0.29, 0.717) is 11.4 Å². The standard InChI is InChI=1S/C15H13ClO4/c1-9-8-13(18)14(15(19)20-9)12(17)7-4-10-2-5-11(16)6-3-10/h2-3,5-6,8,14H,4,7H2,1H3. The van der Waals surface area contributed by atoms with Crippen LogP contribution in [-0.2, 0) is 25.5 Å². The van der Waals surface area contributed by atoms with Gasteiger partial charge in [0, 0.05) is 17.5 Å². The third-order valence-electron chi connectivity index (χ3n) is 3.02. The van der Waals surface area contributed by atoms with Crippen LogP contribution in [0.1, 0.15) is 18.9 Å². The smallest absolute Gasteiger partial charge is 0.329 e. The summed E-state index contributed by atoms with van der Waals surface area (Å²) in [5.41, 5.74) is 0.922. The molecule has 0 saturated heterocycles. The average molecular weight is 293 g/mol. The van der Waals surface area contributed by atoms with E-state index in [4.69, 9.17) is 16.3 Å². The zero-order valence-electron chi connectivity index (χ0n) is 10.9. The Morgan fingerprint density at radius 2 is 1.90 bits per heavy atom. The quantitative estimate of drug-likeness (QED) is 0.632. The van der Waals surface area contributed by atoms with Crippen molar-refractivity contribution in [2.75, 3.05) is 0 Å². The number of ketones is 2. The number of carbonyl (C=O) groups excluding carboxylic acids is 3. The van der Waals surface area contributed by atoms with Crippen LogP contribution in [0.25, 0.3) is 0 Å². The van der Waals surface area contributed by atoms with Crippen LogP contribution >= 0.6 is 11.6 Å². The number of carbonyl (C=O) groups is 3.